The van der Waals surface area contributed by atoms with Crippen molar-refractivity contribution in [3.8, 4) is 17.7 Å². The van der Waals surface area contributed by atoms with Crippen molar-refractivity contribution in [3.05, 3.63) is 82.5 Å². The van der Waals surface area contributed by atoms with Gasteiger partial charge >= 0.3 is 5.97 Å². The first kappa shape index (κ1) is 29.9. The van der Waals surface area contributed by atoms with E-state index in [0.717, 1.165) is 55.6 Å². The van der Waals surface area contributed by atoms with E-state index in [0.29, 0.717) is 41.7 Å². The quantitative estimate of drug-likeness (QED) is 0.180. The predicted molar refractivity (Wildman–Crippen MR) is 162 cm³/mol. The van der Waals surface area contributed by atoms with E-state index in [1.54, 1.807) is 12.1 Å². The molecule has 1 aliphatic heterocycles. The zero-order valence-corrected chi connectivity index (χ0v) is 25.2. The minimum absolute atomic E-state index is 0.00965. The van der Waals surface area contributed by atoms with Crippen LogP contribution in [-0.4, -0.2) is 51.7 Å². The number of nitrogens with zero attached hydrogens (tertiary/aromatic N) is 5. The fourth-order valence-electron chi connectivity index (χ4n) is 5.69. The van der Waals surface area contributed by atoms with Gasteiger partial charge in [0.05, 0.1) is 42.0 Å². The number of hydrogen-bond donors (Lipinski definition) is 0. The Morgan fingerprint density at radius 2 is 1.95 bits per heavy atom. The molecule has 0 unspecified atom stereocenters. The summed E-state index contributed by atoms with van der Waals surface area (Å²) >= 11 is 5.82. The van der Waals surface area contributed by atoms with Gasteiger partial charge in [0.25, 0.3) is 0 Å². The van der Waals surface area contributed by atoms with Gasteiger partial charge < -0.3 is 18.8 Å². The molecule has 0 N–H and O–H groups in total. The number of rotatable bonds is 11. The SMILES string of the molecule is COC(=O)c1ccc2nc(CN3CCC(Oc4cccc(COc5ccc(Cl)cc5F)n4)CC3)n(CC3(CC#N)CC3)c2c1. The number of benzene rings is 2. The second-order valence-electron chi connectivity index (χ2n) is 11.6. The van der Waals surface area contributed by atoms with Crippen molar-refractivity contribution in [1.82, 2.24) is 19.4 Å². The number of ether oxygens (including phenoxy) is 3. The molecule has 2 aromatic carbocycles. The molecule has 9 nitrogen and oxygen atoms in total. The van der Waals surface area contributed by atoms with Gasteiger partial charge in [0.15, 0.2) is 11.6 Å². The second-order valence-corrected chi connectivity index (χ2v) is 12.0. The van der Waals surface area contributed by atoms with Crippen LogP contribution in [-0.2, 0) is 24.4 Å². The van der Waals surface area contributed by atoms with Crippen molar-refractivity contribution in [2.75, 3.05) is 20.2 Å². The summed E-state index contributed by atoms with van der Waals surface area (Å²) in [6, 6.07) is 17.6. The number of nitriles is 1. The van der Waals surface area contributed by atoms with Gasteiger partial charge in [0, 0.05) is 42.6 Å². The molecule has 0 bridgehead atoms. The van der Waals surface area contributed by atoms with E-state index in [-0.39, 0.29) is 29.8 Å². The molecule has 0 radical (unpaired) electrons. The molecule has 0 spiro atoms. The average molecular weight is 618 g/mol. The number of esters is 1. The number of hydrogen-bond acceptors (Lipinski definition) is 8. The minimum Gasteiger partial charge on any atom is -0.484 e. The molecule has 11 heteroatoms. The molecule has 1 aliphatic carbocycles. The summed E-state index contributed by atoms with van der Waals surface area (Å²) in [6.07, 6.45) is 4.19. The summed E-state index contributed by atoms with van der Waals surface area (Å²) < 4.78 is 33.0. The van der Waals surface area contributed by atoms with E-state index in [1.165, 1.54) is 19.2 Å². The first-order chi connectivity index (χ1) is 21.3. The summed E-state index contributed by atoms with van der Waals surface area (Å²) in [5.41, 5.74) is 2.80. The summed E-state index contributed by atoms with van der Waals surface area (Å²) in [4.78, 5) is 24.1. The van der Waals surface area contributed by atoms with Crippen LogP contribution < -0.4 is 9.47 Å². The zero-order chi connectivity index (χ0) is 30.7. The van der Waals surface area contributed by atoms with Crippen molar-refractivity contribution >= 4 is 28.6 Å². The third-order valence-corrected chi connectivity index (χ3v) is 8.63. The molecule has 2 aromatic heterocycles. The van der Waals surface area contributed by atoms with Crippen molar-refractivity contribution in [3.63, 3.8) is 0 Å². The summed E-state index contributed by atoms with van der Waals surface area (Å²) in [7, 11) is 1.38. The molecule has 0 atom stereocenters. The minimum atomic E-state index is -0.521. The maximum absolute atomic E-state index is 14.1. The third kappa shape index (κ3) is 6.79. The molecule has 228 valence electrons. The molecular weight excluding hydrogens is 585 g/mol. The monoisotopic (exact) mass is 617 g/mol. The van der Waals surface area contributed by atoms with E-state index in [4.69, 9.17) is 30.8 Å². The Balaban J connectivity index is 1.09. The van der Waals surface area contributed by atoms with Crippen LogP contribution in [0.15, 0.2) is 54.6 Å². The maximum atomic E-state index is 14.1. The van der Waals surface area contributed by atoms with E-state index in [2.05, 4.69) is 20.5 Å². The summed E-state index contributed by atoms with van der Waals surface area (Å²) in [6.45, 7) is 3.11. The highest BCUT2D eigenvalue weighted by Gasteiger charge is 2.43. The van der Waals surface area contributed by atoms with Gasteiger partial charge in [0.1, 0.15) is 18.5 Å². The van der Waals surface area contributed by atoms with Gasteiger partial charge in [-0.2, -0.15) is 5.26 Å². The molecule has 6 rings (SSSR count). The predicted octanol–water partition coefficient (Wildman–Crippen LogP) is 6.33. The first-order valence-corrected chi connectivity index (χ1v) is 15.1. The second kappa shape index (κ2) is 12.8. The van der Waals surface area contributed by atoms with Crippen molar-refractivity contribution in [2.24, 2.45) is 5.41 Å². The topological polar surface area (TPSA) is 102 Å². The maximum Gasteiger partial charge on any atom is 0.337 e. The lowest BCUT2D eigenvalue weighted by molar-refractivity contribution is 0.0601. The molecular formula is C33H33ClFN5O4. The molecule has 0 amide bonds. The highest BCUT2D eigenvalue weighted by molar-refractivity contribution is 6.30. The number of aromatic nitrogens is 3. The van der Waals surface area contributed by atoms with E-state index in [9.17, 15) is 14.4 Å². The van der Waals surface area contributed by atoms with Crippen molar-refractivity contribution in [2.45, 2.75) is 57.9 Å². The molecule has 2 fully saturated rings. The van der Waals surface area contributed by atoms with Crippen molar-refractivity contribution in [1.29, 1.82) is 5.26 Å². The fraction of sp³-hybridized carbons (Fsp3) is 0.394. The van der Waals surface area contributed by atoms with Crippen LogP contribution >= 0.6 is 11.6 Å². The largest absolute Gasteiger partial charge is 0.484 e. The summed E-state index contributed by atoms with van der Waals surface area (Å²) in [5.74, 6) is 0.648. The number of piperidine rings is 1. The lowest BCUT2D eigenvalue weighted by Gasteiger charge is -2.32. The van der Waals surface area contributed by atoms with Crippen LogP contribution in [0.5, 0.6) is 11.6 Å². The van der Waals surface area contributed by atoms with Gasteiger partial charge in [-0.3, -0.25) is 4.90 Å². The van der Waals surface area contributed by atoms with Gasteiger partial charge in [-0.05, 0) is 68.1 Å². The highest BCUT2D eigenvalue weighted by Crippen LogP contribution is 2.50. The number of pyridine rings is 1. The van der Waals surface area contributed by atoms with Gasteiger partial charge in [-0.25, -0.2) is 19.2 Å². The van der Waals surface area contributed by atoms with Gasteiger partial charge in [-0.15, -0.1) is 0 Å². The highest BCUT2D eigenvalue weighted by atomic mass is 35.5. The van der Waals surface area contributed by atoms with E-state index >= 15 is 0 Å². The van der Waals surface area contributed by atoms with Crippen LogP contribution in [0.3, 0.4) is 0 Å². The number of methoxy groups -OCH3 is 1. The van der Waals surface area contributed by atoms with E-state index < -0.39 is 5.82 Å². The molecule has 4 aromatic rings. The van der Waals surface area contributed by atoms with Crippen LogP contribution in [0.1, 0.15) is 54.0 Å². The number of imidazole rings is 1. The number of fused-ring (bicyclic) bond motifs is 1. The molecule has 44 heavy (non-hydrogen) atoms. The number of carbonyl (C=O) groups excluding carboxylic acids is 1. The van der Waals surface area contributed by atoms with Crippen LogP contribution in [0, 0.1) is 22.6 Å². The molecule has 1 saturated carbocycles. The molecule has 3 heterocycles. The Labute approximate surface area is 260 Å². The lowest BCUT2D eigenvalue weighted by Crippen LogP contribution is -2.38. The Hall–Kier alpha value is -4.20. The zero-order valence-electron chi connectivity index (χ0n) is 24.5. The third-order valence-electron chi connectivity index (χ3n) is 8.39. The Morgan fingerprint density at radius 3 is 2.68 bits per heavy atom. The van der Waals surface area contributed by atoms with Gasteiger partial charge in [0.2, 0.25) is 5.88 Å². The first-order valence-electron chi connectivity index (χ1n) is 14.7. The number of likely N-dealkylation sites (tertiary alicyclic amines) is 1. The van der Waals surface area contributed by atoms with E-state index in [1.807, 2.05) is 30.3 Å². The Kier molecular flexibility index (Phi) is 8.69. The van der Waals surface area contributed by atoms with Crippen LogP contribution in [0.2, 0.25) is 5.02 Å². The smallest absolute Gasteiger partial charge is 0.337 e. The number of halogens is 2. The number of carbonyl (C=O) groups is 1. The standard InChI is InChI=1S/C33H33ClFN5O4/c1-42-32(41)22-5-7-27-28(17-22)40(21-33(11-12-33)13-14-36)30(38-27)19-39-15-9-25(10-16-39)44-31-4-2-3-24(37-31)20-43-29-8-6-23(34)18-26(29)35/h2-8,17-18,25H,9-13,15-16,19-21H2,1H3. The average Bonchev–Trinajstić information content (AvgIpc) is 3.71. The normalized spacial score (nSPS) is 16.4. The summed E-state index contributed by atoms with van der Waals surface area (Å²) in [5, 5.41) is 9.73. The fourth-order valence-corrected chi connectivity index (χ4v) is 5.85. The Morgan fingerprint density at radius 1 is 1.14 bits per heavy atom. The van der Waals surface area contributed by atoms with Crippen LogP contribution in [0.4, 0.5) is 4.39 Å². The van der Waals surface area contributed by atoms with Gasteiger partial charge in [-0.1, -0.05) is 17.7 Å². The lowest BCUT2D eigenvalue weighted by atomic mass is 10.0. The molecule has 1 saturated heterocycles. The van der Waals surface area contributed by atoms with Crippen LogP contribution in [0.25, 0.3) is 11.0 Å². The van der Waals surface area contributed by atoms with Crippen molar-refractivity contribution < 1.29 is 23.4 Å². The molecule has 2 aliphatic rings. The Bertz CT molecular complexity index is 1710.